The summed E-state index contributed by atoms with van der Waals surface area (Å²) in [4.78, 5) is 2.72. The lowest BCUT2D eigenvalue weighted by molar-refractivity contribution is 0.108. The number of likely N-dealkylation sites (tertiary alicyclic amines) is 1. The van der Waals surface area contributed by atoms with Crippen LogP contribution in [0.4, 0.5) is 0 Å². The Morgan fingerprint density at radius 2 is 1.88 bits per heavy atom. The Kier molecular flexibility index (Phi) is 3.93. The van der Waals surface area contributed by atoms with Crippen molar-refractivity contribution in [1.82, 2.24) is 4.90 Å². The first-order valence-corrected chi connectivity index (χ1v) is 9.98. The third kappa shape index (κ3) is 2.52. The lowest BCUT2D eigenvalue weighted by atomic mass is 9.76. The highest BCUT2D eigenvalue weighted by atomic mass is 16.6. The molecule has 2 aromatic carbocycles. The molecule has 26 heavy (non-hydrogen) atoms. The van der Waals surface area contributed by atoms with Gasteiger partial charge in [0.25, 0.3) is 0 Å². The van der Waals surface area contributed by atoms with Crippen LogP contribution in [0.2, 0.25) is 0 Å². The largest absolute Gasteiger partial charge is 0.486 e. The molecule has 3 heteroatoms. The maximum Gasteiger partial charge on any atom is 0.164 e. The van der Waals surface area contributed by atoms with Crippen molar-refractivity contribution in [2.24, 2.45) is 0 Å². The Morgan fingerprint density at radius 3 is 2.77 bits per heavy atom. The van der Waals surface area contributed by atoms with Gasteiger partial charge in [-0.3, -0.25) is 4.90 Å². The van der Waals surface area contributed by atoms with Crippen LogP contribution in [0.1, 0.15) is 48.8 Å². The molecule has 2 heterocycles. The highest BCUT2D eigenvalue weighted by Crippen LogP contribution is 2.48. The third-order valence-electron chi connectivity index (χ3n) is 6.64. The maximum absolute atomic E-state index is 6.02. The fourth-order valence-corrected chi connectivity index (χ4v) is 5.20. The number of nitrogens with zero attached hydrogens (tertiary/aromatic N) is 1. The summed E-state index contributed by atoms with van der Waals surface area (Å²) in [6.45, 7) is 6.08. The van der Waals surface area contributed by atoms with E-state index in [1.54, 1.807) is 0 Å². The molecule has 2 aromatic rings. The van der Waals surface area contributed by atoms with Gasteiger partial charge in [-0.15, -0.1) is 0 Å². The highest BCUT2D eigenvalue weighted by Gasteiger charge is 2.42. The van der Waals surface area contributed by atoms with Crippen molar-refractivity contribution in [2.75, 3.05) is 26.3 Å². The van der Waals surface area contributed by atoms with Crippen molar-refractivity contribution in [3.05, 3.63) is 59.2 Å². The summed E-state index contributed by atoms with van der Waals surface area (Å²) >= 11 is 0. The topological polar surface area (TPSA) is 21.7 Å². The molecule has 0 radical (unpaired) electrons. The van der Waals surface area contributed by atoms with E-state index in [-0.39, 0.29) is 5.54 Å². The normalized spacial score (nSPS) is 28.0. The molecule has 0 bridgehead atoms. The highest BCUT2D eigenvalue weighted by molar-refractivity contribution is 5.54. The van der Waals surface area contributed by atoms with Crippen molar-refractivity contribution < 1.29 is 9.47 Å². The lowest BCUT2D eigenvalue weighted by Gasteiger charge is -2.44. The number of hydrogen-bond donors (Lipinski definition) is 0. The van der Waals surface area contributed by atoms with Gasteiger partial charge in [0.1, 0.15) is 13.2 Å². The zero-order valence-corrected chi connectivity index (χ0v) is 15.5. The van der Waals surface area contributed by atoms with Gasteiger partial charge in [-0.05, 0) is 62.3 Å². The zero-order chi connectivity index (χ0) is 17.6. The van der Waals surface area contributed by atoms with Gasteiger partial charge in [-0.2, -0.15) is 0 Å². The summed E-state index contributed by atoms with van der Waals surface area (Å²) < 4.78 is 11.8. The first kappa shape index (κ1) is 16.2. The monoisotopic (exact) mass is 349 g/mol. The molecule has 136 valence electrons. The van der Waals surface area contributed by atoms with E-state index in [1.807, 2.05) is 0 Å². The first-order chi connectivity index (χ1) is 12.8. The van der Waals surface area contributed by atoms with Gasteiger partial charge in [-0.25, -0.2) is 0 Å². The van der Waals surface area contributed by atoms with E-state index < -0.39 is 0 Å². The van der Waals surface area contributed by atoms with Gasteiger partial charge in [0.15, 0.2) is 11.5 Å². The molecule has 0 aromatic heterocycles. The fourth-order valence-electron chi connectivity index (χ4n) is 5.20. The predicted molar refractivity (Wildman–Crippen MR) is 103 cm³/mol. The molecular formula is C23H27NO2. The summed E-state index contributed by atoms with van der Waals surface area (Å²) in [5.41, 5.74) is 4.44. The molecule has 2 atom stereocenters. The molecule has 0 N–H and O–H groups in total. The van der Waals surface area contributed by atoms with Crippen LogP contribution in [0.5, 0.6) is 11.5 Å². The van der Waals surface area contributed by atoms with Crippen LogP contribution < -0.4 is 9.47 Å². The second kappa shape index (κ2) is 6.31. The molecule has 2 unspecified atom stereocenters. The smallest absolute Gasteiger partial charge is 0.164 e. The third-order valence-corrected chi connectivity index (χ3v) is 6.64. The second-order valence-corrected chi connectivity index (χ2v) is 8.09. The van der Waals surface area contributed by atoms with Crippen molar-refractivity contribution >= 4 is 0 Å². The molecule has 3 aliphatic rings. The summed E-state index contributed by atoms with van der Waals surface area (Å²) in [5.74, 6) is 2.59. The molecule has 5 rings (SSSR count). The number of hydrogen-bond acceptors (Lipinski definition) is 3. The summed E-state index contributed by atoms with van der Waals surface area (Å²) in [7, 11) is 0. The van der Waals surface area contributed by atoms with Crippen LogP contribution in [0.3, 0.4) is 0 Å². The quantitative estimate of drug-likeness (QED) is 0.797. The second-order valence-electron chi connectivity index (χ2n) is 8.09. The number of rotatable bonds is 2. The maximum atomic E-state index is 6.02. The van der Waals surface area contributed by atoms with Crippen LogP contribution in [0, 0.1) is 0 Å². The summed E-state index contributed by atoms with van der Waals surface area (Å²) in [6.07, 6.45) is 4.80. The standard InChI is InChI=1S/C23H27NO2/c1-23(24-13-11-18(16-24)17-6-3-2-4-7-17)12-5-8-19-20(23)9-10-21-22(19)26-15-14-25-21/h2-4,6-7,9-10,18H,5,8,11-16H2,1H3. The number of benzene rings is 2. The van der Waals surface area contributed by atoms with Gasteiger partial charge in [-0.1, -0.05) is 36.4 Å². The molecule has 0 amide bonds. The van der Waals surface area contributed by atoms with Crippen molar-refractivity contribution in [3.8, 4) is 11.5 Å². The van der Waals surface area contributed by atoms with Crippen molar-refractivity contribution in [3.63, 3.8) is 0 Å². The van der Waals surface area contributed by atoms with Crippen LogP contribution in [0.15, 0.2) is 42.5 Å². The molecule has 1 fully saturated rings. The Morgan fingerprint density at radius 1 is 1.04 bits per heavy atom. The predicted octanol–water partition coefficient (Wildman–Crippen LogP) is 4.50. The number of ether oxygens (including phenoxy) is 2. The molecule has 0 spiro atoms. The fraction of sp³-hybridized carbons (Fsp3) is 0.478. The Balaban J connectivity index is 1.47. The van der Waals surface area contributed by atoms with E-state index in [2.05, 4.69) is 54.3 Å². The van der Waals surface area contributed by atoms with Gasteiger partial charge in [0, 0.05) is 17.6 Å². The average Bonchev–Trinajstić information content (AvgIpc) is 3.20. The summed E-state index contributed by atoms with van der Waals surface area (Å²) in [6, 6.07) is 15.4. The Bertz CT molecular complexity index is 803. The Labute approximate surface area is 155 Å². The van der Waals surface area contributed by atoms with Gasteiger partial charge >= 0.3 is 0 Å². The lowest BCUT2D eigenvalue weighted by Crippen LogP contribution is -2.45. The van der Waals surface area contributed by atoms with E-state index in [9.17, 15) is 0 Å². The number of fused-ring (bicyclic) bond motifs is 3. The molecule has 1 aliphatic carbocycles. The van der Waals surface area contributed by atoms with E-state index in [4.69, 9.17) is 9.47 Å². The molecular weight excluding hydrogens is 322 g/mol. The van der Waals surface area contributed by atoms with Crippen LogP contribution in [-0.4, -0.2) is 31.2 Å². The zero-order valence-electron chi connectivity index (χ0n) is 15.5. The first-order valence-electron chi connectivity index (χ1n) is 9.98. The molecule has 0 saturated carbocycles. The van der Waals surface area contributed by atoms with Crippen molar-refractivity contribution in [1.29, 1.82) is 0 Å². The van der Waals surface area contributed by atoms with Crippen molar-refractivity contribution in [2.45, 2.75) is 44.1 Å². The van der Waals surface area contributed by atoms with Crippen LogP contribution in [0.25, 0.3) is 0 Å². The van der Waals surface area contributed by atoms with E-state index in [0.29, 0.717) is 19.1 Å². The molecule has 1 saturated heterocycles. The van der Waals surface area contributed by atoms with Gasteiger partial charge in [0.05, 0.1) is 0 Å². The van der Waals surface area contributed by atoms with Gasteiger partial charge in [0.2, 0.25) is 0 Å². The SMILES string of the molecule is CC1(N2CCC(c3ccccc3)C2)CCCc2c1ccc1c2OCCO1. The van der Waals surface area contributed by atoms with Gasteiger partial charge < -0.3 is 9.47 Å². The summed E-state index contributed by atoms with van der Waals surface area (Å²) in [5, 5.41) is 0. The average molecular weight is 349 g/mol. The molecule has 3 nitrogen and oxygen atoms in total. The minimum Gasteiger partial charge on any atom is -0.486 e. The van der Waals surface area contributed by atoms with E-state index in [1.165, 1.54) is 42.5 Å². The van der Waals surface area contributed by atoms with E-state index in [0.717, 1.165) is 24.5 Å². The van der Waals surface area contributed by atoms with Crippen LogP contribution in [-0.2, 0) is 12.0 Å². The minimum atomic E-state index is 0.104. The Hall–Kier alpha value is -2.00. The van der Waals surface area contributed by atoms with E-state index >= 15 is 0 Å². The van der Waals surface area contributed by atoms with Crippen LogP contribution >= 0.6 is 0 Å². The molecule has 2 aliphatic heterocycles. The minimum absolute atomic E-state index is 0.104.